The number of hydrogen-bond acceptors (Lipinski definition) is 4. The first-order chi connectivity index (χ1) is 16.1. The third-order valence-electron chi connectivity index (χ3n) is 5.68. The van der Waals surface area contributed by atoms with Gasteiger partial charge in [0.05, 0.1) is 12.2 Å². The molecule has 0 unspecified atom stereocenters. The second-order valence-electron chi connectivity index (χ2n) is 8.95. The van der Waals surface area contributed by atoms with E-state index in [0.717, 1.165) is 46.8 Å². The number of anilines is 1. The predicted octanol–water partition coefficient (Wildman–Crippen LogP) is 7.44. The van der Waals surface area contributed by atoms with Crippen LogP contribution in [0.15, 0.2) is 59.6 Å². The number of nitrogens with one attached hydrogen (secondary N) is 1. The van der Waals surface area contributed by atoms with E-state index in [9.17, 15) is 4.79 Å². The summed E-state index contributed by atoms with van der Waals surface area (Å²) < 4.78 is 5.86. The number of benzene rings is 2. The molecule has 4 nitrogen and oxygen atoms in total. The fraction of sp³-hybridized carbons (Fsp3) is 0.357. The maximum atomic E-state index is 13.4. The SMILES string of the molecule is CC(C)COc1cccc(C=Nc2sc3c(c2C(=O)Nc2ccccc2)CCCCCC3)c1. The fourth-order valence-electron chi connectivity index (χ4n) is 4.03. The minimum atomic E-state index is -0.0690. The van der Waals surface area contributed by atoms with Crippen LogP contribution in [0, 0.1) is 5.92 Å². The van der Waals surface area contributed by atoms with Gasteiger partial charge < -0.3 is 10.1 Å². The lowest BCUT2D eigenvalue weighted by Gasteiger charge is -2.12. The highest BCUT2D eigenvalue weighted by Gasteiger charge is 2.24. The molecule has 2 aromatic carbocycles. The van der Waals surface area contributed by atoms with Crippen molar-refractivity contribution in [2.75, 3.05) is 11.9 Å². The van der Waals surface area contributed by atoms with E-state index in [2.05, 4.69) is 19.2 Å². The van der Waals surface area contributed by atoms with Gasteiger partial charge >= 0.3 is 0 Å². The first kappa shape index (κ1) is 23.2. The molecular formula is C28H32N2O2S. The molecular weight excluding hydrogens is 428 g/mol. The molecule has 1 aliphatic carbocycles. The Hall–Kier alpha value is -2.92. The second kappa shape index (κ2) is 11.3. The summed E-state index contributed by atoms with van der Waals surface area (Å²) in [6.45, 7) is 4.95. The first-order valence-electron chi connectivity index (χ1n) is 11.9. The van der Waals surface area contributed by atoms with Crippen LogP contribution in [0.1, 0.15) is 65.9 Å². The summed E-state index contributed by atoms with van der Waals surface area (Å²) >= 11 is 1.67. The van der Waals surface area contributed by atoms with E-state index in [0.29, 0.717) is 12.5 Å². The van der Waals surface area contributed by atoms with E-state index in [1.165, 1.54) is 29.7 Å². The van der Waals surface area contributed by atoms with Gasteiger partial charge in [-0.2, -0.15) is 0 Å². The summed E-state index contributed by atoms with van der Waals surface area (Å²) in [7, 11) is 0. The fourth-order valence-corrected chi connectivity index (χ4v) is 5.26. The van der Waals surface area contributed by atoms with Crippen LogP contribution in [0.2, 0.25) is 0 Å². The Morgan fingerprint density at radius 3 is 2.64 bits per heavy atom. The number of aliphatic imine (C=N–C) groups is 1. The van der Waals surface area contributed by atoms with Gasteiger partial charge in [0, 0.05) is 16.8 Å². The number of para-hydroxylation sites is 1. The van der Waals surface area contributed by atoms with Crippen molar-refractivity contribution in [1.29, 1.82) is 0 Å². The molecule has 1 N–H and O–H groups in total. The molecule has 0 spiro atoms. The zero-order chi connectivity index (χ0) is 23.0. The number of ether oxygens (including phenoxy) is 1. The van der Waals surface area contributed by atoms with Crippen LogP contribution in [-0.2, 0) is 12.8 Å². The Kier molecular flexibility index (Phi) is 7.95. The number of rotatable bonds is 7. The number of carbonyl (C=O) groups is 1. The molecule has 1 aliphatic rings. The van der Waals surface area contributed by atoms with Crippen molar-refractivity contribution in [2.24, 2.45) is 10.9 Å². The number of nitrogens with zero attached hydrogens (tertiary/aromatic N) is 1. The van der Waals surface area contributed by atoms with E-state index in [4.69, 9.17) is 9.73 Å². The summed E-state index contributed by atoms with van der Waals surface area (Å²) in [5.41, 5.74) is 3.70. The highest BCUT2D eigenvalue weighted by atomic mass is 32.1. The highest BCUT2D eigenvalue weighted by molar-refractivity contribution is 7.16. The van der Waals surface area contributed by atoms with Gasteiger partial charge in [-0.25, -0.2) is 4.99 Å². The van der Waals surface area contributed by atoms with Crippen molar-refractivity contribution in [1.82, 2.24) is 0 Å². The van der Waals surface area contributed by atoms with Crippen molar-refractivity contribution >= 4 is 34.1 Å². The minimum absolute atomic E-state index is 0.0690. The molecule has 0 fully saturated rings. The molecule has 0 atom stereocenters. The highest BCUT2D eigenvalue weighted by Crippen LogP contribution is 2.39. The van der Waals surface area contributed by atoms with Crippen molar-refractivity contribution in [3.63, 3.8) is 0 Å². The van der Waals surface area contributed by atoms with Gasteiger partial charge in [-0.3, -0.25) is 4.79 Å². The number of fused-ring (bicyclic) bond motifs is 1. The molecule has 0 aliphatic heterocycles. The number of hydrogen-bond donors (Lipinski definition) is 1. The van der Waals surface area contributed by atoms with E-state index in [1.807, 2.05) is 60.8 Å². The standard InChI is InChI=1S/C28H32N2O2S/c1-20(2)19-32-23-14-10-11-21(17-23)18-29-28-26(27(31)30-22-12-6-5-7-13-22)24-15-8-3-4-9-16-25(24)33-28/h5-7,10-14,17-18,20H,3-4,8-9,15-16,19H2,1-2H3,(H,30,31). The molecule has 0 bridgehead atoms. The molecule has 33 heavy (non-hydrogen) atoms. The van der Waals surface area contributed by atoms with Gasteiger partial charge in [0.15, 0.2) is 0 Å². The predicted molar refractivity (Wildman–Crippen MR) is 139 cm³/mol. The van der Waals surface area contributed by atoms with Crippen molar-refractivity contribution in [2.45, 2.75) is 52.4 Å². The lowest BCUT2D eigenvalue weighted by Crippen LogP contribution is -2.14. The topological polar surface area (TPSA) is 50.7 Å². The van der Waals surface area contributed by atoms with Gasteiger partial charge in [0.2, 0.25) is 0 Å². The molecule has 1 heterocycles. The first-order valence-corrected chi connectivity index (χ1v) is 12.7. The van der Waals surface area contributed by atoms with E-state index >= 15 is 0 Å². The average Bonchev–Trinajstić information content (AvgIpc) is 3.13. The normalized spacial score (nSPS) is 14.0. The Bertz CT molecular complexity index is 1100. The summed E-state index contributed by atoms with van der Waals surface area (Å²) in [6.07, 6.45) is 8.58. The quantitative estimate of drug-likeness (QED) is 0.372. The summed E-state index contributed by atoms with van der Waals surface area (Å²) in [6, 6.07) is 17.6. The molecule has 0 radical (unpaired) electrons. The second-order valence-corrected chi connectivity index (χ2v) is 10.0. The smallest absolute Gasteiger partial charge is 0.259 e. The molecule has 1 amide bonds. The zero-order valence-corrected chi connectivity index (χ0v) is 20.3. The molecule has 0 saturated heterocycles. The Labute approximate surface area is 200 Å². The van der Waals surface area contributed by atoms with Crippen molar-refractivity contribution in [3.8, 4) is 5.75 Å². The van der Waals surface area contributed by atoms with Gasteiger partial charge in [-0.1, -0.05) is 57.0 Å². The van der Waals surface area contributed by atoms with Crippen LogP contribution in [0.5, 0.6) is 5.75 Å². The van der Waals surface area contributed by atoms with E-state index < -0.39 is 0 Å². The molecule has 1 aromatic heterocycles. The monoisotopic (exact) mass is 460 g/mol. The summed E-state index contributed by atoms with van der Waals surface area (Å²) in [5, 5.41) is 3.87. The molecule has 5 heteroatoms. The lowest BCUT2D eigenvalue weighted by atomic mass is 9.96. The number of thiophene rings is 1. The lowest BCUT2D eigenvalue weighted by molar-refractivity contribution is 0.102. The number of aryl methyl sites for hydroxylation is 1. The van der Waals surface area contributed by atoms with Crippen LogP contribution in [0.25, 0.3) is 0 Å². The molecule has 0 saturated carbocycles. The van der Waals surface area contributed by atoms with Gasteiger partial charge in [-0.15, -0.1) is 11.3 Å². The van der Waals surface area contributed by atoms with Crippen LogP contribution >= 0.6 is 11.3 Å². The van der Waals surface area contributed by atoms with Crippen molar-refractivity contribution < 1.29 is 9.53 Å². The van der Waals surface area contributed by atoms with Gasteiger partial charge in [0.25, 0.3) is 5.91 Å². The maximum absolute atomic E-state index is 13.4. The largest absolute Gasteiger partial charge is 0.493 e. The number of amides is 1. The third-order valence-corrected chi connectivity index (χ3v) is 6.88. The maximum Gasteiger partial charge on any atom is 0.259 e. The molecule has 172 valence electrons. The van der Waals surface area contributed by atoms with Crippen LogP contribution < -0.4 is 10.1 Å². The molecule has 4 rings (SSSR count). The van der Waals surface area contributed by atoms with Gasteiger partial charge in [-0.05, 0) is 67.0 Å². The Morgan fingerprint density at radius 1 is 1.06 bits per heavy atom. The van der Waals surface area contributed by atoms with Crippen LogP contribution in [0.4, 0.5) is 10.7 Å². The van der Waals surface area contributed by atoms with E-state index in [-0.39, 0.29) is 5.91 Å². The van der Waals surface area contributed by atoms with Crippen LogP contribution in [-0.4, -0.2) is 18.7 Å². The van der Waals surface area contributed by atoms with Gasteiger partial charge in [0.1, 0.15) is 10.8 Å². The Morgan fingerprint density at radius 2 is 1.85 bits per heavy atom. The van der Waals surface area contributed by atoms with Crippen molar-refractivity contribution in [3.05, 3.63) is 76.2 Å². The number of carbonyl (C=O) groups excluding carboxylic acids is 1. The van der Waals surface area contributed by atoms with E-state index in [1.54, 1.807) is 11.3 Å². The zero-order valence-electron chi connectivity index (χ0n) is 19.5. The van der Waals surface area contributed by atoms with Crippen LogP contribution in [0.3, 0.4) is 0 Å². The average molecular weight is 461 g/mol. The third kappa shape index (κ3) is 6.32. The Balaban J connectivity index is 1.63. The summed E-state index contributed by atoms with van der Waals surface area (Å²) in [5.74, 6) is 1.24. The minimum Gasteiger partial charge on any atom is -0.493 e. The summed E-state index contributed by atoms with van der Waals surface area (Å²) in [4.78, 5) is 19.5. The molecule has 3 aromatic rings.